The molecule has 0 saturated carbocycles. The van der Waals surface area contributed by atoms with Gasteiger partial charge in [-0.2, -0.15) is 0 Å². The Morgan fingerprint density at radius 1 is 1.35 bits per heavy atom. The Hall–Kier alpha value is -0.610. The first-order valence-electron chi connectivity index (χ1n) is 7.06. The van der Waals surface area contributed by atoms with E-state index in [9.17, 15) is 4.79 Å². The van der Waals surface area contributed by atoms with Crippen LogP contribution >= 0.6 is 0 Å². The van der Waals surface area contributed by atoms with E-state index in [1.54, 1.807) is 0 Å². The Morgan fingerprint density at radius 3 is 3.06 bits per heavy atom. The van der Waals surface area contributed by atoms with Crippen molar-refractivity contribution in [2.45, 2.75) is 51.1 Å². The second-order valence-electron chi connectivity index (χ2n) is 5.19. The molecule has 0 bridgehead atoms. The number of nitrogens with one attached hydrogen (secondary N) is 2. The second kappa shape index (κ2) is 6.36. The van der Waals surface area contributed by atoms with Crippen LogP contribution in [0.1, 0.15) is 39.0 Å². The molecule has 2 N–H and O–H groups in total. The quantitative estimate of drug-likeness (QED) is 0.763. The summed E-state index contributed by atoms with van der Waals surface area (Å²) in [7, 11) is 0. The van der Waals surface area contributed by atoms with E-state index in [1.807, 2.05) is 0 Å². The van der Waals surface area contributed by atoms with Crippen LogP contribution in [0.25, 0.3) is 0 Å². The van der Waals surface area contributed by atoms with Crippen molar-refractivity contribution in [2.75, 3.05) is 26.2 Å². The Morgan fingerprint density at radius 2 is 2.24 bits per heavy atom. The summed E-state index contributed by atoms with van der Waals surface area (Å²) in [5.41, 5.74) is 0. The maximum absolute atomic E-state index is 12.0. The SMILES string of the molecule is CCNC1CCCN(C2CCCCNC2=O)C1. The van der Waals surface area contributed by atoms with Crippen molar-refractivity contribution in [1.29, 1.82) is 0 Å². The molecule has 0 aliphatic carbocycles. The van der Waals surface area contributed by atoms with E-state index >= 15 is 0 Å². The van der Waals surface area contributed by atoms with E-state index in [0.717, 1.165) is 39.0 Å². The van der Waals surface area contributed by atoms with Gasteiger partial charge in [-0.15, -0.1) is 0 Å². The van der Waals surface area contributed by atoms with Crippen LogP contribution in [0.4, 0.5) is 0 Å². The van der Waals surface area contributed by atoms with Crippen LogP contribution in [0, 0.1) is 0 Å². The molecule has 4 nitrogen and oxygen atoms in total. The Kier molecular flexibility index (Phi) is 4.80. The lowest BCUT2D eigenvalue weighted by Gasteiger charge is -2.37. The number of hydrogen-bond acceptors (Lipinski definition) is 3. The second-order valence-corrected chi connectivity index (χ2v) is 5.19. The molecule has 2 rings (SSSR count). The molecule has 2 aliphatic rings. The molecule has 98 valence electrons. The van der Waals surface area contributed by atoms with Crippen LogP contribution in [0.15, 0.2) is 0 Å². The summed E-state index contributed by atoms with van der Waals surface area (Å²) in [5, 5.41) is 6.55. The standard InChI is InChI=1S/C13H25N3O/c1-2-14-11-6-5-9-16(10-11)12-7-3-4-8-15-13(12)17/h11-12,14H,2-10H2,1H3,(H,15,17). The minimum atomic E-state index is 0.124. The number of carbonyl (C=O) groups is 1. The molecule has 0 radical (unpaired) electrons. The summed E-state index contributed by atoms with van der Waals surface area (Å²) in [6.45, 7) is 6.15. The zero-order valence-corrected chi connectivity index (χ0v) is 10.9. The molecule has 2 atom stereocenters. The number of likely N-dealkylation sites (tertiary alicyclic amines) is 1. The molecule has 0 spiro atoms. The summed E-state index contributed by atoms with van der Waals surface area (Å²) in [4.78, 5) is 14.4. The highest BCUT2D eigenvalue weighted by Crippen LogP contribution is 2.18. The molecular weight excluding hydrogens is 214 g/mol. The molecule has 0 aromatic carbocycles. The molecule has 4 heteroatoms. The number of carbonyl (C=O) groups excluding carboxylic acids is 1. The lowest BCUT2D eigenvalue weighted by atomic mass is 10.0. The van der Waals surface area contributed by atoms with Gasteiger partial charge in [-0.3, -0.25) is 9.69 Å². The molecule has 2 saturated heterocycles. The summed E-state index contributed by atoms with van der Waals surface area (Å²) in [6, 6.07) is 0.698. The van der Waals surface area contributed by atoms with Gasteiger partial charge in [0.1, 0.15) is 0 Å². The topological polar surface area (TPSA) is 44.4 Å². The first-order chi connectivity index (χ1) is 8.31. The third kappa shape index (κ3) is 3.42. The molecule has 2 aliphatic heterocycles. The molecule has 2 heterocycles. The minimum Gasteiger partial charge on any atom is -0.355 e. The predicted octanol–water partition coefficient (Wildman–Crippen LogP) is 0.729. The molecule has 0 aromatic heterocycles. The number of rotatable bonds is 3. The largest absolute Gasteiger partial charge is 0.355 e. The number of amides is 1. The fraction of sp³-hybridized carbons (Fsp3) is 0.923. The van der Waals surface area contributed by atoms with Crippen LogP contribution in [-0.2, 0) is 4.79 Å². The maximum atomic E-state index is 12.0. The number of piperidine rings is 1. The van der Waals surface area contributed by atoms with Crippen molar-refractivity contribution < 1.29 is 4.79 Å². The van der Waals surface area contributed by atoms with Crippen LogP contribution in [0.5, 0.6) is 0 Å². The molecule has 2 fully saturated rings. The minimum absolute atomic E-state index is 0.124. The average Bonchev–Trinajstić information content (AvgIpc) is 2.55. The van der Waals surface area contributed by atoms with Crippen LogP contribution in [0.3, 0.4) is 0 Å². The van der Waals surface area contributed by atoms with Gasteiger partial charge < -0.3 is 10.6 Å². The zero-order valence-electron chi connectivity index (χ0n) is 10.9. The van der Waals surface area contributed by atoms with Gasteiger partial charge in [-0.05, 0) is 45.2 Å². The Bertz CT molecular complexity index is 255. The zero-order chi connectivity index (χ0) is 12.1. The predicted molar refractivity (Wildman–Crippen MR) is 68.9 cm³/mol. The van der Waals surface area contributed by atoms with E-state index in [1.165, 1.54) is 19.3 Å². The molecule has 1 amide bonds. The fourth-order valence-electron chi connectivity index (χ4n) is 3.02. The van der Waals surface area contributed by atoms with Crippen LogP contribution < -0.4 is 10.6 Å². The number of likely N-dealkylation sites (N-methyl/N-ethyl adjacent to an activating group) is 1. The molecule has 2 unspecified atom stereocenters. The summed E-state index contributed by atoms with van der Waals surface area (Å²) in [6.07, 6.45) is 5.79. The van der Waals surface area contributed by atoms with E-state index in [4.69, 9.17) is 0 Å². The molecule has 17 heavy (non-hydrogen) atoms. The summed E-state index contributed by atoms with van der Waals surface area (Å²) < 4.78 is 0. The fourth-order valence-corrected chi connectivity index (χ4v) is 3.02. The van der Waals surface area contributed by atoms with Crippen molar-refractivity contribution in [3.63, 3.8) is 0 Å². The highest BCUT2D eigenvalue weighted by Gasteiger charge is 2.30. The first kappa shape index (κ1) is 12.8. The third-order valence-corrected chi connectivity index (χ3v) is 3.89. The van der Waals surface area contributed by atoms with Crippen molar-refractivity contribution in [3.8, 4) is 0 Å². The van der Waals surface area contributed by atoms with Crippen molar-refractivity contribution >= 4 is 5.91 Å². The summed E-state index contributed by atoms with van der Waals surface area (Å²) in [5.74, 6) is 0.250. The van der Waals surface area contributed by atoms with E-state index in [2.05, 4.69) is 22.5 Å². The lowest BCUT2D eigenvalue weighted by Crippen LogP contribution is -2.53. The smallest absolute Gasteiger partial charge is 0.237 e. The van der Waals surface area contributed by atoms with E-state index < -0.39 is 0 Å². The maximum Gasteiger partial charge on any atom is 0.237 e. The lowest BCUT2D eigenvalue weighted by molar-refractivity contribution is -0.126. The highest BCUT2D eigenvalue weighted by molar-refractivity contribution is 5.81. The van der Waals surface area contributed by atoms with Gasteiger partial charge in [0.15, 0.2) is 0 Å². The number of nitrogens with zero attached hydrogens (tertiary/aromatic N) is 1. The molecule has 0 aromatic rings. The molecular formula is C13H25N3O. The highest BCUT2D eigenvalue weighted by atomic mass is 16.2. The number of hydrogen-bond donors (Lipinski definition) is 2. The van der Waals surface area contributed by atoms with Gasteiger partial charge in [0.05, 0.1) is 6.04 Å². The first-order valence-corrected chi connectivity index (χ1v) is 7.06. The van der Waals surface area contributed by atoms with Crippen molar-refractivity contribution in [3.05, 3.63) is 0 Å². The Labute approximate surface area is 104 Å². The van der Waals surface area contributed by atoms with Crippen LogP contribution in [0.2, 0.25) is 0 Å². The average molecular weight is 239 g/mol. The summed E-state index contributed by atoms with van der Waals surface area (Å²) >= 11 is 0. The van der Waals surface area contributed by atoms with E-state index in [0.29, 0.717) is 6.04 Å². The van der Waals surface area contributed by atoms with Gasteiger partial charge in [-0.25, -0.2) is 0 Å². The van der Waals surface area contributed by atoms with Gasteiger partial charge in [-0.1, -0.05) is 6.92 Å². The van der Waals surface area contributed by atoms with Crippen LogP contribution in [-0.4, -0.2) is 49.1 Å². The Balaban J connectivity index is 1.92. The van der Waals surface area contributed by atoms with Crippen molar-refractivity contribution in [1.82, 2.24) is 15.5 Å². The normalized spacial score (nSPS) is 31.9. The van der Waals surface area contributed by atoms with Gasteiger partial charge in [0.25, 0.3) is 0 Å². The van der Waals surface area contributed by atoms with Gasteiger partial charge in [0, 0.05) is 19.1 Å². The monoisotopic (exact) mass is 239 g/mol. The van der Waals surface area contributed by atoms with Crippen molar-refractivity contribution in [2.24, 2.45) is 0 Å². The van der Waals surface area contributed by atoms with Gasteiger partial charge in [0.2, 0.25) is 5.91 Å². The third-order valence-electron chi connectivity index (χ3n) is 3.89. The van der Waals surface area contributed by atoms with Gasteiger partial charge >= 0.3 is 0 Å². The van der Waals surface area contributed by atoms with E-state index in [-0.39, 0.29) is 11.9 Å².